The molecule has 0 radical (unpaired) electrons. The van der Waals surface area contributed by atoms with E-state index in [0.29, 0.717) is 23.1 Å². The smallest absolute Gasteiger partial charge is 0.330 e. The Balaban J connectivity index is 1.59. The highest BCUT2D eigenvalue weighted by Crippen LogP contribution is 2.39. The van der Waals surface area contributed by atoms with Crippen LogP contribution in [0, 0.1) is 11.6 Å². The van der Waals surface area contributed by atoms with Gasteiger partial charge in [-0.1, -0.05) is 13.0 Å². The maximum Gasteiger partial charge on any atom is 0.330 e. The van der Waals surface area contributed by atoms with Crippen LogP contribution in [0.1, 0.15) is 24.1 Å². The first-order valence-corrected chi connectivity index (χ1v) is 10.6. The van der Waals surface area contributed by atoms with Gasteiger partial charge in [0.2, 0.25) is 0 Å². The molecule has 0 aliphatic carbocycles. The van der Waals surface area contributed by atoms with Crippen LogP contribution in [-0.2, 0) is 12.1 Å². The van der Waals surface area contributed by atoms with Crippen molar-refractivity contribution >= 4 is 0 Å². The van der Waals surface area contributed by atoms with Crippen LogP contribution in [0.15, 0.2) is 78.5 Å². The molecule has 0 amide bonds. The van der Waals surface area contributed by atoms with Crippen LogP contribution in [0.3, 0.4) is 0 Å². The van der Waals surface area contributed by atoms with Crippen molar-refractivity contribution < 1.29 is 13.9 Å². The van der Waals surface area contributed by atoms with Crippen molar-refractivity contribution in [2.24, 2.45) is 0 Å². The van der Waals surface area contributed by atoms with Crippen molar-refractivity contribution in [3.8, 4) is 11.4 Å². The molecule has 0 aliphatic heterocycles. The summed E-state index contributed by atoms with van der Waals surface area (Å²) in [5.74, 6) is -2.54. The van der Waals surface area contributed by atoms with Gasteiger partial charge in [0.1, 0.15) is 29.9 Å². The quantitative estimate of drug-likeness (QED) is 0.371. The molecular formula is C23H20F2N8O2. The molecule has 2 atom stereocenters. The number of imidazole rings is 1. The zero-order chi connectivity index (χ0) is 24.6. The lowest BCUT2D eigenvalue weighted by Gasteiger charge is -2.35. The first-order chi connectivity index (χ1) is 16.9. The van der Waals surface area contributed by atoms with Gasteiger partial charge in [0.15, 0.2) is 0 Å². The predicted molar refractivity (Wildman–Crippen MR) is 120 cm³/mol. The zero-order valence-corrected chi connectivity index (χ0v) is 18.5. The largest absolute Gasteiger partial charge is 0.382 e. The van der Waals surface area contributed by atoms with E-state index < -0.39 is 28.8 Å². The molecule has 35 heavy (non-hydrogen) atoms. The third-order valence-corrected chi connectivity index (χ3v) is 5.99. The summed E-state index contributed by atoms with van der Waals surface area (Å²) in [6.07, 6.45) is 7.23. The van der Waals surface area contributed by atoms with Gasteiger partial charge in [-0.2, -0.15) is 20.1 Å². The zero-order valence-electron chi connectivity index (χ0n) is 18.5. The number of nitrogens with zero attached hydrogens (tertiary/aromatic N) is 7. The standard InChI is InChI=1S/C23H20F2N8O2/c1-15(23(35,12-31-14-26-13-30-31)19-7-2-16(24)10-20(19)25)21-11-27-22(34)32(21)17-3-5-18(6-4-17)33-28-8-9-29-33/h2-11,13-15,35H,12H2,1H3,(H,27,34)/t15-,23-/m1/s1. The maximum atomic E-state index is 14.9. The second-order valence-corrected chi connectivity index (χ2v) is 8.05. The summed E-state index contributed by atoms with van der Waals surface area (Å²) in [5, 5.41) is 24.1. The summed E-state index contributed by atoms with van der Waals surface area (Å²) in [7, 11) is 0. The summed E-state index contributed by atoms with van der Waals surface area (Å²) < 4.78 is 31.3. The highest BCUT2D eigenvalue weighted by Gasteiger charge is 2.41. The minimum Gasteiger partial charge on any atom is -0.382 e. The van der Waals surface area contributed by atoms with E-state index in [0.717, 1.165) is 6.07 Å². The van der Waals surface area contributed by atoms with Crippen molar-refractivity contribution in [2.45, 2.75) is 25.0 Å². The van der Waals surface area contributed by atoms with Crippen molar-refractivity contribution in [1.29, 1.82) is 0 Å². The predicted octanol–water partition coefficient (Wildman–Crippen LogP) is 2.31. The number of halogens is 2. The molecule has 10 nitrogen and oxygen atoms in total. The molecule has 2 aromatic carbocycles. The lowest BCUT2D eigenvalue weighted by atomic mass is 9.80. The first-order valence-electron chi connectivity index (χ1n) is 10.6. The molecular weight excluding hydrogens is 458 g/mol. The number of nitrogens with one attached hydrogen (secondary N) is 1. The molecule has 0 saturated carbocycles. The van der Waals surface area contributed by atoms with Crippen molar-refractivity contribution in [3.05, 3.63) is 107 Å². The second-order valence-electron chi connectivity index (χ2n) is 8.05. The third-order valence-electron chi connectivity index (χ3n) is 5.99. The number of benzene rings is 2. The summed E-state index contributed by atoms with van der Waals surface area (Å²) in [5.41, 5.74) is -0.918. The molecule has 0 unspecified atom stereocenters. The summed E-state index contributed by atoms with van der Waals surface area (Å²) >= 11 is 0. The van der Waals surface area contributed by atoms with Gasteiger partial charge in [-0.3, -0.25) is 4.57 Å². The minimum atomic E-state index is -1.92. The van der Waals surface area contributed by atoms with Crippen LogP contribution in [0.2, 0.25) is 0 Å². The number of rotatable bonds is 7. The van der Waals surface area contributed by atoms with Crippen LogP contribution >= 0.6 is 0 Å². The molecule has 2 N–H and O–H groups in total. The number of aromatic nitrogens is 8. The van der Waals surface area contributed by atoms with Crippen LogP contribution < -0.4 is 5.69 Å². The van der Waals surface area contributed by atoms with Crippen LogP contribution in [-0.4, -0.2) is 44.4 Å². The van der Waals surface area contributed by atoms with Crippen LogP contribution in [0.5, 0.6) is 0 Å². The molecule has 0 spiro atoms. The first kappa shape index (κ1) is 22.3. The number of H-pyrrole nitrogens is 1. The van der Waals surface area contributed by atoms with Crippen molar-refractivity contribution in [1.82, 2.24) is 39.3 Å². The molecule has 5 rings (SSSR count). The molecule has 3 heterocycles. The number of hydrogen-bond donors (Lipinski definition) is 2. The number of hydrogen-bond acceptors (Lipinski definition) is 6. The van der Waals surface area contributed by atoms with E-state index in [4.69, 9.17) is 0 Å². The highest BCUT2D eigenvalue weighted by molar-refractivity contribution is 5.42. The topological polar surface area (TPSA) is 119 Å². The van der Waals surface area contributed by atoms with Gasteiger partial charge >= 0.3 is 5.69 Å². The van der Waals surface area contributed by atoms with Crippen molar-refractivity contribution in [3.63, 3.8) is 0 Å². The Bertz CT molecular complexity index is 1490. The fourth-order valence-electron chi connectivity index (χ4n) is 4.15. The van der Waals surface area contributed by atoms with E-state index in [1.807, 2.05) is 0 Å². The average molecular weight is 478 g/mol. The van der Waals surface area contributed by atoms with Crippen LogP contribution in [0.4, 0.5) is 8.78 Å². The summed E-state index contributed by atoms with van der Waals surface area (Å²) in [6, 6.07) is 9.87. The van der Waals surface area contributed by atoms with E-state index in [1.165, 1.54) is 39.0 Å². The molecule has 0 bridgehead atoms. The van der Waals surface area contributed by atoms with Gasteiger partial charge in [0.05, 0.1) is 36.0 Å². The monoisotopic (exact) mass is 478 g/mol. The molecule has 0 saturated heterocycles. The van der Waals surface area contributed by atoms with Crippen LogP contribution in [0.25, 0.3) is 11.4 Å². The fourth-order valence-corrected chi connectivity index (χ4v) is 4.15. The average Bonchev–Trinajstić information content (AvgIpc) is 3.61. The fraction of sp³-hybridized carbons (Fsp3) is 0.174. The highest BCUT2D eigenvalue weighted by atomic mass is 19.1. The second kappa shape index (κ2) is 8.72. The van der Waals surface area contributed by atoms with Gasteiger partial charge in [0.25, 0.3) is 0 Å². The SMILES string of the molecule is C[C@H](c1c[nH]c(=O)n1-c1ccc(-n2nccn2)cc1)[C@](O)(Cn1cncn1)c1ccc(F)cc1F. The van der Waals surface area contributed by atoms with Gasteiger partial charge < -0.3 is 10.1 Å². The molecule has 12 heteroatoms. The van der Waals surface area contributed by atoms with Gasteiger partial charge in [0, 0.05) is 23.7 Å². The summed E-state index contributed by atoms with van der Waals surface area (Å²) in [6.45, 7) is 1.46. The Kier molecular flexibility index (Phi) is 5.57. The maximum absolute atomic E-state index is 14.9. The Morgan fingerprint density at radius 3 is 2.43 bits per heavy atom. The van der Waals surface area contributed by atoms with E-state index in [9.17, 15) is 18.7 Å². The lowest BCUT2D eigenvalue weighted by molar-refractivity contribution is -0.0127. The van der Waals surface area contributed by atoms with Crippen molar-refractivity contribution in [2.75, 3.05) is 0 Å². The number of aromatic amines is 1. The van der Waals surface area contributed by atoms with E-state index in [-0.39, 0.29) is 12.1 Å². The Hall–Kier alpha value is -4.45. The molecule has 178 valence electrons. The Morgan fingerprint density at radius 1 is 1.06 bits per heavy atom. The Labute approximate surface area is 197 Å². The van der Waals surface area contributed by atoms with Gasteiger partial charge in [-0.05, 0) is 30.3 Å². The van der Waals surface area contributed by atoms with E-state index >= 15 is 0 Å². The lowest BCUT2D eigenvalue weighted by Crippen LogP contribution is -2.39. The van der Waals surface area contributed by atoms with Gasteiger partial charge in [-0.25, -0.2) is 23.2 Å². The number of aliphatic hydroxyl groups is 1. The Morgan fingerprint density at radius 2 is 1.77 bits per heavy atom. The van der Waals surface area contributed by atoms with E-state index in [2.05, 4.69) is 25.3 Å². The molecule has 0 aliphatic rings. The minimum absolute atomic E-state index is 0.137. The third kappa shape index (κ3) is 4.04. The molecule has 5 aromatic rings. The summed E-state index contributed by atoms with van der Waals surface area (Å²) in [4.78, 5) is 20.8. The van der Waals surface area contributed by atoms with Gasteiger partial charge in [-0.15, -0.1) is 0 Å². The normalized spacial score (nSPS) is 14.1. The molecule has 0 fully saturated rings. The molecule has 3 aromatic heterocycles. The van der Waals surface area contributed by atoms with E-state index in [1.54, 1.807) is 43.6 Å².